The molecule has 1 aliphatic carbocycles. The maximum Gasteiger partial charge on any atom is 0.166 e. The number of fused-ring (bicyclic) bond motifs is 1. The fourth-order valence-corrected chi connectivity index (χ4v) is 2.65. The minimum absolute atomic E-state index is 0.0667. The molecule has 1 aromatic rings. The molecule has 1 atom stereocenters. The van der Waals surface area contributed by atoms with Crippen molar-refractivity contribution in [3.05, 3.63) is 22.6 Å². The molecule has 0 spiro atoms. The predicted molar refractivity (Wildman–Crippen MR) is 68.8 cm³/mol. The standard InChI is InChI=1S/C15H20O3/c1-8(2)11-6-12(17)15-10(4)13(5-9(3)16)18-14(15)7-11/h8,11H,5-7H2,1-4H3. The Morgan fingerprint density at radius 1 is 1.39 bits per heavy atom. The first kappa shape index (κ1) is 13.1. The molecule has 0 aromatic carbocycles. The Kier molecular flexibility index (Phi) is 3.42. The number of ketones is 2. The van der Waals surface area contributed by atoms with E-state index in [1.54, 1.807) is 6.92 Å². The molecule has 0 radical (unpaired) electrons. The quantitative estimate of drug-likeness (QED) is 0.825. The average molecular weight is 248 g/mol. The van der Waals surface area contributed by atoms with Crippen molar-refractivity contribution in [3.8, 4) is 0 Å². The van der Waals surface area contributed by atoms with Gasteiger partial charge in [-0.15, -0.1) is 0 Å². The van der Waals surface area contributed by atoms with Crippen LogP contribution >= 0.6 is 0 Å². The van der Waals surface area contributed by atoms with Gasteiger partial charge in [-0.2, -0.15) is 0 Å². The van der Waals surface area contributed by atoms with E-state index in [0.717, 1.165) is 23.3 Å². The van der Waals surface area contributed by atoms with Gasteiger partial charge in [0.2, 0.25) is 0 Å². The first-order valence-electron chi connectivity index (χ1n) is 6.54. The van der Waals surface area contributed by atoms with Gasteiger partial charge in [-0.3, -0.25) is 9.59 Å². The maximum atomic E-state index is 12.2. The van der Waals surface area contributed by atoms with Gasteiger partial charge in [-0.05, 0) is 25.7 Å². The molecule has 1 aliphatic rings. The van der Waals surface area contributed by atoms with Crippen LogP contribution in [0.2, 0.25) is 0 Å². The summed E-state index contributed by atoms with van der Waals surface area (Å²) in [5.74, 6) is 2.54. The highest BCUT2D eigenvalue weighted by molar-refractivity contribution is 6.00. The molecule has 0 aliphatic heterocycles. The number of hydrogen-bond acceptors (Lipinski definition) is 3. The number of carbonyl (C=O) groups is 2. The van der Waals surface area contributed by atoms with Crippen molar-refractivity contribution in [2.45, 2.75) is 47.0 Å². The Morgan fingerprint density at radius 2 is 2.06 bits per heavy atom. The van der Waals surface area contributed by atoms with Crippen molar-refractivity contribution in [2.75, 3.05) is 0 Å². The zero-order chi connectivity index (χ0) is 13.4. The van der Waals surface area contributed by atoms with Crippen LogP contribution in [0, 0.1) is 18.8 Å². The number of carbonyl (C=O) groups excluding carboxylic acids is 2. The fraction of sp³-hybridized carbons (Fsp3) is 0.600. The molecule has 1 unspecified atom stereocenters. The van der Waals surface area contributed by atoms with Crippen molar-refractivity contribution in [1.29, 1.82) is 0 Å². The van der Waals surface area contributed by atoms with Crippen molar-refractivity contribution >= 4 is 11.6 Å². The molecule has 0 N–H and O–H groups in total. The van der Waals surface area contributed by atoms with Gasteiger partial charge in [-0.1, -0.05) is 13.8 Å². The van der Waals surface area contributed by atoms with Gasteiger partial charge in [0, 0.05) is 18.4 Å². The average Bonchev–Trinajstić information content (AvgIpc) is 2.55. The highest BCUT2D eigenvalue weighted by atomic mass is 16.3. The second-order valence-electron chi connectivity index (χ2n) is 5.66. The molecule has 3 nitrogen and oxygen atoms in total. The van der Waals surface area contributed by atoms with Gasteiger partial charge in [-0.25, -0.2) is 0 Å². The Bertz CT molecular complexity index is 494. The summed E-state index contributed by atoms with van der Waals surface area (Å²) in [7, 11) is 0. The van der Waals surface area contributed by atoms with E-state index in [2.05, 4.69) is 13.8 Å². The molecule has 0 saturated heterocycles. The summed E-state index contributed by atoms with van der Waals surface area (Å²) in [6.07, 6.45) is 1.71. The molecule has 98 valence electrons. The lowest BCUT2D eigenvalue weighted by atomic mass is 9.80. The van der Waals surface area contributed by atoms with Gasteiger partial charge in [0.15, 0.2) is 5.78 Å². The molecule has 2 rings (SSSR count). The SMILES string of the molecule is CC(=O)Cc1oc2c(c1C)C(=O)CC(C(C)C)C2. The van der Waals surface area contributed by atoms with Crippen molar-refractivity contribution in [3.63, 3.8) is 0 Å². The molecular weight excluding hydrogens is 228 g/mol. The van der Waals surface area contributed by atoms with E-state index in [1.807, 2.05) is 6.92 Å². The van der Waals surface area contributed by atoms with Crippen molar-refractivity contribution in [2.24, 2.45) is 11.8 Å². The molecule has 0 amide bonds. The normalized spacial score (nSPS) is 19.2. The molecule has 0 fully saturated rings. The van der Waals surface area contributed by atoms with Gasteiger partial charge < -0.3 is 4.42 Å². The van der Waals surface area contributed by atoms with Crippen LogP contribution in [0.1, 0.15) is 54.6 Å². The molecule has 1 aromatic heterocycles. The zero-order valence-electron chi connectivity index (χ0n) is 11.5. The van der Waals surface area contributed by atoms with Gasteiger partial charge in [0.25, 0.3) is 0 Å². The summed E-state index contributed by atoms with van der Waals surface area (Å²) in [6.45, 7) is 7.69. The molecular formula is C15H20O3. The summed E-state index contributed by atoms with van der Waals surface area (Å²) in [5.41, 5.74) is 1.61. The second-order valence-corrected chi connectivity index (χ2v) is 5.66. The summed E-state index contributed by atoms with van der Waals surface area (Å²) in [4.78, 5) is 23.4. The Labute approximate surface area is 108 Å². The van der Waals surface area contributed by atoms with E-state index in [1.165, 1.54) is 0 Å². The number of rotatable bonds is 3. The number of hydrogen-bond donors (Lipinski definition) is 0. The third-order valence-corrected chi connectivity index (χ3v) is 3.84. The minimum Gasteiger partial charge on any atom is -0.465 e. The van der Waals surface area contributed by atoms with Gasteiger partial charge in [0.05, 0.1) is 12.0 Å². The van der Waals surface area contributed by atoms with Crippen LogP contribution in [0.25, 0.3) is 0 Å². The van der Waals surface area contributed by atoms with E-state index in [4.69, 9.17) is 4.42 Å². The van der Waals surface area contributed by atoms with Crippen LogP contribution in [0.4, 0.5) is 0 Å². The number of furan rings is 1. The highest BCUT2D eigenvalue weighted by Gasteiger charge is 2.32. The van der Waals surface area contributed by atoms with E-state index < -0.39 is 0 Å². The second kappa shape index (κ2) is 4.71. The predicted octanol–water partition coefficient (Wildman–Crippen LogP) is 3.12. The van der Waals surface area contributed by atoms with Crippen LogP contribution in [0.15, 0.2) is 4.42 Å². The van der Waals surface area contributed by atoms with Gasteiger partial charge >= 0.3 is 0 Å². The minimum atomic E-state index is 0.0667. The van der Waals surface area contributed by atoms with E-state index in [9.17, 15) is 9.59 Å². The first-order chi connectivity index (χ1) is 8.40. The Balaban J connectivity index is 2.37. The Hall–Kier alpha value is -1.38. The fourth-order valence-electron chi connectivity index (χ4n) is 2.65. The Morgan fingerprint density at radius 3 is 2.61 bits per heavy atom. The van der Waals surface area contributed by atoms with Crippen LogP contribution in [-0.4, -0.2) is 11.6 Å². The van der Waals surface area contributed by atoms with Crippen LogP contribution in [0.5, 0.6) is 0 Å². The smallest absolute Gasteiger partial charge is 0.166 e. The van der Waals surface area contributed by atoms with Crippen LogP contribution in [-0.2, 0) is 17.6 Å². The maximum absolute atomic E-state index is 12.2. The lowest BCUT2D eigenvalue weighted by Gasteiger charge is -2.23. The molecule has 0 saturated carbocycles. The zero-order valence-corrected chi connectivity index (χ0v) is 11.5. The van der Waals surface area contributed by atoms with Gasteiger partial charge in [0.1, 0.15) is 17.3 Å². The summed E-state index contributed by atoms with van der Waals surface area (Å²) in [6, 6.07) is 0. The lowest BCUT2D eigenvalue weighted by molar-refractivity contribution is -0.116. The topological polar surface area (TPSA) is 47.3 Å². The third kappa shape index (κ3) is 2.26. The lowest BCUT2D eigenvalue weighted by Crippen LogP contribution is -2.23. The highest BCUT2D eigenvalue weighted by Crippen LogP contribution is 2.35. The summed E-state index contributed by atoms with van der Waals surface area (Å²) < 4.78 is 5.76. The van der Waals surface area contributed by atoms with Crippen LogP contribution < -0.4 is 0 Å². The van der Waals surface area contributed by atoms with Crippen molar-refractivity contribution in [1.82, 2.24) is 0 Å². The summed E-state index contributed by atoms with van der Waals surface area (Å²) in [5, 5.41) is 0. The third-order valence-electron chi connectivity index (χ3n) is 3.84. The van der Waals surface area contributed by atoms with E-state index in [0.29, 0.717) is 30.4 Å². The summed E-state index contributed by atoms with van der Waals surface area (Å²) >= 11 is 0. The number of Topliss-reactive ketones (excluding diaryl/α,β-unsaturated/α-hetero) is 2. The molecule has 18 heavy (non-hydrogen) atoms. The molecule has 1 heterocycles. The molecule has 3 heteroatoms. The van der Waals surface area contributed by atoms with Crippen LogP contribution in [0.3, 0.4) is 0 Å². The van der Waals surface area contributed by atoms with Crippen molar-refractivity contribution < 1.29 is 14.0 Å². The monoisotopic (exact) mass is 248 g/mol. The first-order valence-corrected chi connectivity index (χ1v) is 6.54. The van der Waals surface area contributed by atoms with E-state index >= 15 is 0 Å². The largest absolute Gasteiger partial charge is 0.465 e. The molecule has 0 bridgehead atoms. The van der Waals surface area contributed by atoms with E-state index in [-0.39, 0.29) is 11.6 Å².